The Morgan fingerprint density at radius 3 is 2.70 bits per heavy atom. The molecule has 0 spiro atoms. The summed E-state index contributed by atoms with van der Waals surface area (Å²) >= 11 is 0. The minimum atomic E-state index is -4.40. The number of halogens is 3. The molecule has 3 aromatic rings. The van der Waals surface area contributed by atoms with Gasteiger partial charge in [-0.15, -0.1) is 0 Å². The van der Waals surface area contributed by atoms with Gasteiger partial charge in [0, 0.05) is 18.2 Å². The lowest BCUT2D eigenvalue weighted by Crippen LogP contribution is -2.35. The van der Waals surface area contributed by atoms with Crippen LogP contribution in [0.3, 0.4) is 0 Å². The molecule has 1 fully saturated rings. The normalized spacial score (nSPS) is 16.2. The molecule has 1 saturated heterocycles. The molecule has 1 aliphatic heterocycles. The lowest BCUT2D eigenvalue weighted by Gasteiger charge is -2.21. The van der Waals surface area contributed by atoms with Crippen LogP contribution >= 0.6 is 0 Å². The first-order valence-corrected chi connectivity index (χ1v) is 10.6. The standard InChI is InChI=1S/C24H23F3N2O4/c1-15-21(33-22(28-15)17-7-9-18(10-8-17)24(25,26)27)14-32-20-6-2-4-16(13-20)12-19-5-3-11-29(19)23(30)31/h2,4,6-10,13,19H,3,5,11-12,14H2,1H3,(H,30,31)/t19-/m1/s1. The Labute approximate surface area is 188 Å². The van der Waals surface area contributed by atoms with Crippen molar-refractivity contribution in [3.63, 3.8) is 0 Å². The maximum absolute atomic E-state index is 12.8. The van der Waals surface area contributed by atoms with Gasteiger partial charge in [-0.2, -0.15) is 13.2 Å². The summed E-state index contributed by atoms with van der Waals surface area (Å²) in [7, 11) is 0. The molecule has 1 atom stereocenters. The van der Waals surface area contributed by atoms with Crippen LogP contribution < -0.4 is 4.74 Å². The topological polar surface area (TPSA) is 75.8 Å². The number of alkyl halides is 3. The van der Waals surface area contributed by atoms with Crippen LogP contribution in [0.25, 0.3) is 11.5 Å². The van der Waals surface area contributed by atoms with Gasteiger partial charge in [-0.05, 0) is 68.1 Å². The summed E-state index contributed by atoms with van der Waals surface area (Å²) in [5.74, 6) is 1.31. The lowest BCUT2D eigenvalue weighted by molar-refractivity contribution is -0.137. The highest BCUT2D eigenvalue weighted by Crippen LogP contribution is 2.31. The summed E-state index contributed by atoms with van der Waals surface area (Å²) in [5, 5.41) is 9.32. The van der Waals surface area contributed by atoms with E-state index < -0.39 is 17.8 Å². The molecule has 1 amide bonds. The van der Waals surface area contributed by atoms with Crippen molar-refractivity contribution in [1.29, 1.82) is 0 Å². The Bertz CT molecular complexity index is 1130. The number of benzene rings is 2. The van der Waals surface area contributed by atoms with E-state index in [1.807, 2.05) is 18.2 Å². The van der Waals surface area contributed by atoms with Crippen molar-refractivity contribution in [2.24, 2.45) is 0 Å². The number of likely N-dealkylation sites (tertiary alicyclic amines) is 1. The molecule has 2 heterocycles. The molecular weight excluding hydrogens is 437 g/mol. The van der Waals surface area contributed by atoms with Crippen molar-refractivity contribution < 1.29 is 32.2 Å². The molecule has 1 N–H and O–H groups in total. The highest BCUT2D eigenvalue weighted by Gasteiger charge is 2.30. The van der Waals surface area contributed by atoms with Gasteiger partial charge in [0.15, 0.2) is 5.76 Å². The zero-order chi connectivity index (χ0) is 23.6. The van der Waals surface area contributed by atoms with Crippen LogP contribution in [0, 0.1) is 6.92 Å². The van der Waals surface area contributed by atoms with Gasteiger partial charge < -0.3 is 19.2 Å². The van der Waals surface area contributed by atoms with Crippen LogP contribution in [0.5, 0.6) is 5.75 Å². The second-order valence-electron chi connectivity index (χ2n) is 8.01. The smallest absolute Gasteiger partial charge is 0.416 e. The van der Waals surface area contributed by atoms with Crippen LogP contribution in [0.4, 0.5) is 18.0 Å². The van der Waals surface area contributed by atoms with Gasteiger partial charge in [0.05, 0.1) is 11.3 Å². The molecule has 6 nitrogen and oxygen atoms in total. The first-order chi connectivity index (χ1) is 15.7. The number of oxazole rings is 1. The third-order valence-corrected chi connectivity index (χ3v) is 5.71. The number of nitrogens with zero attached hydrogens (tertiary/aromatic N) is 2. The Kier molecular flexibility index (Phi) is 6.31. The third-order valence-electron chi connectivity index (χ3n) is 5.71. The average molecular weight is 460 g/mol. The van der Waals surface area contributed by atoms with Gasteiger partial charge in [-0.1, -0.05) is 12.1 Å². The second kappa shape index (κ2) is 9.17. The van der Waals surface area contributed by atoms with E-state index in [0.29, 0.717) is 35.7 Å². The van der Waals surface area contributed by atoms with E-state index in [1.54, 1.807) is 13.0 Å². The highest BCUT2D eigenvalue weighted by molar-refractivity contribution is 5.65. The van der Waals surface area contributed by atoms with Crippen molar-refractivity contribution in [1.82, 2.24) is 9.88 Å². The van der Waals surface area contributed by atoms with E-state index in [2.05, 4.69) is 4.98 Å². The highest BCUT2D eigenvalue weighted by atomic mass is 19.4. The number of hydrogen-bond acceptors (Lipinski definition) is 4. The number of ether oxygens (including phenoxy) is 1. The third kappa shape index (κ3) is 5.30. The first kappa shape index (κ1) is 22.7. The minimum Gasteiger partial charge on any atom is -0.486 e. The molecule has 9 heteroatoms. The summed E-state index contributed by atoms with van der Waals surface area (Å²) in [6.07, 6.45) is -2.99. The van der Waals surface area contributed by atoms with Gasteiger partial charge >= 0.3 is 12.3 Å². The van der Waals surface area contributed by atoms with E-state index in [1.165, 1.54) is 17.0 Å². The number of aromatic nitrogens is 1. The van der Waals surface area contributed by atoms with Gasteiger partial charge in [-0.25, -0.2) is 9.78 Å². The number of aryl methyl sites for hydroxylation is 1. The zero-order valence-corrected chi connectivity index (χ0v) is 17.9. The van der Waals surface area contributed by atoms with Gasteiger partial charge in [0.1, 0.15) is 12.4 Å². The van der Waals surface area contributed by atoms with Crippen molar-refractivity contribution >= 4 is 6.09 Å². The van der Waals surface area contributed by atoms with Crippen LogP contribution in [0.2, 0.25) is 0 Å². The monoisotopic (exact) mass is 460 g/mol. The van der Waals surface area contributed by atoms with E-state index in [-0.39, 0.29) is 18.5 Å². The molecule has 0 aliphatic carbocycles. The SMILES string of the molecule is Cc1nc(-c2ccc(C(F)(F)F)cc2)oc1COc1cccc(C[C@H]2CCCN2C(=O)O)c1. The summed E-state index contributed by atoms with van der Waals surface area (Å²) < 4.78 is 49.9. The van der Waals surface area contributed by atoms with Crippen LogP contribution in [-0.4, -0.2) is 33.7 Å². The van der Waals surface area contributed by atoms with Crippen LogP contribution in [0.15, 0.2) is 52.9 Å². The summed E-state index contributed by atoms with van der Waals surface area (Å²) in [5.41, 5.74) is 1.27. The Balaban J connectivity index is 1.41. The minimum absolute atomic E-state index is 0.0411. The van der Waals surface area contributed by atoms with E-state index in [4.69, 9.17) is 9.15 Å². The number of hydrogen-bond donors (Lipinski definition) is 1. The molecule has 1 aliphatic rings. The summed E-state index contributed by atoms with van der Waals surface area (Å²) in [4.78, 5) is 17.1. The molecule has 4 rings (SSSR count). The zero-order valence-electron chi connectivity index (χ0n) is 17.9. The maximum Gasteiger partial charge on any atom is 0.416 e. The molecule has 0 bridgehead atoms. The van der Waals surface area contributed by atoms with Gasteiger partial charge in [0.2, 0.25) is 5.89 Å². The Hall–Kier alpha value is -3.49. The predicted molar refractivity (Wildman–Crippen MR) is 114 cm³/mol. The van der Waals surface area contributed by atoms with Crippen molar-refractivity contribution in [3.05, 3.63) is 71.1 Å². The molecule has 1 aromatic heterocycles. The second-order valence-corrected chi connectivity index (χ2v) is 8.01. The lowest BCUT2D eigenvalue weighted by atomic mass is 10.0. The molecule has 0 saturated carbocycles. The molecule has 174 valence electrons. The number of amides is 1. The Morgan fingerprint density at radius 2 is 2.00 bits per heavy atom. The average Bonchev–Trinajstić information content (AvgIpc) is 3.38. The van der Waals surface area contributed by atoms with Crippen LogP contribution in [-0.2, 0) is 19.2 Å². The quantitative estimate of drug-likeness (QED) is 0.493. The number of carbonyl (C=O) groups is 1. The van der Waals surface area contributed by atoms with Gasteiger partial charge in [0.25, 0.3) is 0 Å². The largest absolute Gasteiger partial charge is 0.486 e. The molecule has 0 unspecified atom stereocenters. The fourth-order valence-corrected chi connectivity index (χ4v) is 3.97. The predicted octanol–water partition coefficient (Wildman–Crippen LogP) is 5.93. The number of rotatable bonds is 6. The van der Waals surface area contributed by atoms with Crippen LogP contribution in [0.1, 0.15) is 35.4 Å². The van der Waals surface area contributed by atoms with E-state index in [9.17, 15) is 23.1 Å². The van der Waals surface area contributed by atoms with Crippen molar-refractivity contribution in [2.75, 3.05) is 6.54 Å². The molecule has 33 heavy (non-hydrogen) atoms. The molecule has 0 radical (unpaired) electrons. The Morgan fingerprint density at radius 1 is 1.24 bits per heavy atom. The van der Waals surface area contributed by atoms with E-state index >= 15 is 0 Å². The fourth-order valence-electron chi connectivity index (χ4n) is 3.97. The van der Waals surface area contributed by atoms with Crippen molar-refractivity contribution in [2.45, 2.75) is 45.0 Å². The first-order valence-electron chi connectivity index (χ1n) is 10.6. The fraction of sp³-hybridized carbons (Fsp3) is 0.333. The summed E-state index contributed by atoms with van der Waals surface area (Å²) in [6, 6.07) is 12.1. The van der Waals surface area contributed by atoms with Crippen molar-refractivity contribution in [3.8, 4) is 17.2 Å². The van der Waals surface area contributed by atoms with Gasteiger partial charge in [-0.3, -0.25) is 0 Å². The molecular formula is C24H23F3N2O4. The van der Waals surface area contributed by atoms with E-state index in [0.717, 1.165) is 30.5 Å². The molecule has 2 aromatic carbocycles. The number of carboxylic acid groups (broad SMARTS) is 1. The summed E-state index contributed by atoms with van der Waals surface area (Å²) in [6.45, 7) is 2.41. The maximum atomic E-state index is 12.8.